The van der Waals surface area contributed by atoms with Crippen LogP contribution in [0, 0.1) is 6.92 Å². The third-order valence-corrected chi connectivity index (χ3v) is 3.80. The van der Waals surface area contributed by atoms with E-state index in [1.54, 1.807) is 16.8 Å². The lowest BCUT2D eigenvalue weighted by molar-refractivity contribution is 0.0937. The Morgan fingerprint density at radius 2 is 2.00 bits per heavy atom. The summed E-state index contributed by atoms with van der Waals surface area (Å²) < 4.78 is 1.72. The molecule has 2 aromatic rings. The van der Waals surface area contributed by atoms with Crippen molar-refractivity contribution in [3.63, 3.8) is 0 Å². The molecule has 5 heteroatoms. The van der Waals surface area contributed by atoms with Gasteiger partial charge in [0.05, 0.1) is 17.3 Å². The maximum atomic E-state index is 12.4. The molecule has 0 bridgehead atoms. The maximum absolute atomic E-state index is 12.4. The molecule has 0 radical (unpaired) electrons. The van der Waals surface area contributed by atoms with E-state index in [0.29, 0.717) is 5.92 Å². The normalized spacial score (nSPS) is 12.5. The van der Waals surface area contributed by atoms with Crippen LogP contribution in [0.15, 0.2) is 24.4 Å². The Hall–Kier alpha value is -2.30. The van der Waals surface area contributed by atoms with Gasteiger partial charge < -0.3 is 10.4 Å². The van der Waals surface area contributed by atoms with Gasteiger partial charge in [0.1, 0.15) is 5.75 Å². The summed E-state index contributed by atoms with van der Waals surface area (Å²) in [6.45, 7) is 7.90. The predicted molar refractivity (Wildman–Crippen MR) is 86.0 cm³/mol. The summed E-state index contributed by atoms with van der Waals surface area (Å²) in [6, 6.07) is 5.02. The van der Waals surface area contributed by atoms with Gasteiger partial charge in [0.25, 0.3) is 5.91 Å². The van der Waals surface area contributed by atoms with Crippen molar-refractivity contribution < 1.29 is 9.90 Å². The smallest absolute Gasteiger partial charge is 0.255 e. The molecule has 0 aliphatic heterocycles. The number of carbonyl (C=O) groups is 1. The molecule has 0 aliphatic rings. The first-order valence-corrected chi connectivity index (χ1v) is 7.43. The summed E-state index contributed by atoms with van der Waals surface area (Å²) in [5, 5.41) is 17.3. The van der Waals surface area contributed by atoms with Gasteiger partial charge in [-0.2, -0.15) is 5.10 Å². The van der Waals surface area contributed by atoms with Gasteiger partial charge in [-0.1, -0.05) is 19.9 Å². The zero-order valence-electron chi connectivity index (χ0n) is 13.7. The van der Waals surface area contributed by atoms with Crippen molar-refractivity contribution in [3.8, 4) is 5.75 Å². The molecular formula is C17H23N3O2. The molecule has 0 spiro atoms. The number of carbonyl (C=O) groups excluding carboxylic acids is 1. The number of nitrogens with one attached hydrogen (secondary N) is 1. The molecule has 2 rings (SSSR count). The number of hydrogen-bond acceptors (Lipinski definition) is 3. The van der Waals surface area contributed by atoms with Crippen LogP contribution in [0.4, 0.5) is 0 Å². The highest BCUT2D eigenvalue weighted by Gasteiger charge is 2.18. The molecule has 1 amide bonds. The van der Waals surface area contributed by atoms with E-state index < -0.39 is 0 Å². The van der Waals surface area contributed by atoms with Crippen LogP contribution in [0.1, 0.15) is 59.9 Å². The Kier molecular flexibility index (Phi) is 4.54. The summed E-state index contributed by atoms with van der Waals surface area (Å²) in [5.41, 5.74) is 3.15. The fourth-order valence-electron chi connectivity index (χ4n) is 2.49. The van der Waals surface area contributed by atoms with E-state index in [4.69, 9.17) is 0 Å². The molecule has 1 atom stereocenters. The second kappa shape index (κ2) is 6.22. The van der Waals surface area contributed by atoms with Gasteiger partial charge in [0.2, 0.25) is 0 Å². The molecule has 1 aromatic carbocycles. The van der Waals surface area contributed by atoms with E-state index in [0.717, 1.165) is 16.8 Å². The zero-order valence-corrected chi connectivity index (χ0v) is 13.7. The molecule has 2 N–H and O–H groups in total. The minimum absolute atomic E-state index is 0.0128. The lowest BCUT2D eigenvalue weighted by Crippen LogP contribution is -2.27. The van der Waals surface area contributed by atoms with Crippen molar-refractivity contribution in [2.45, 2.75) is 39.7 Å². The fraction of sp³-hybridized carbons (Fsp3) is 0.412. The van der Waals surface area contributed by atoms with E-state index in [1.165, 1.54) is 0 Å². The highest BCUT2D eigenvalue weighted by atomic mass is 16.3. The average Bonchev–Trinajstić information content (AvgIpc) is 2.77. The predicted octanol–water partition coefficient (Wildman–Crippen LogP) is 3.05. The van der Waals surface area contributed by atoms with E-state index in [9.17, 15) is 9.90 Å². The van der Waals surface area contributed by atoms with Gasteiger partial charge in [-0.3, -0.25) is 9.48 Å². The average molecular weight is 301 g/mol. The number of aryl methyl sites for hydroxylation is 2. The highest BCUT2D eigenvalue weighted by molar-refractivity contribution is 5.97. The van der Waals surface area contributed by atoms with Crippen molar-refractivity contribution in [1.29, 1.82) is 0 Å². The van der Waals surface area contributed by atoms with E-state index in [1.807, 2.05) is 47.0 Å². The Balaban J connectivity index is 2.17. The number of nitrogens with zero attached hydrogens (tertiary/aromatic N) is 2. The van der Waals surface area contributed by atoms with E-state index in [-0.39, 0.29) is 23.3 Å². The molecule has 0 aliphatic carbocycles. The maximum Gasteiger partial charge on any atom is 0.255 e. The van der Waals surface area contributed by atoms with Crippen LogP contribution >= 0.6 is 0 Å². The first kappa shape index (κ1) is 16.1. The van der Waals surface area contributed by atoms with Crippen LogP contribution in [0.3, 0.4) is 0 Å². The Morgan fingerprint density at radius 1 is 1.32 bits per heavy atom. The number of aromatic hydroxyl groups is 1. The Morgan fingerprint density at radius 3 is 2.50 bits per heavy atom. The highest BCUT2D eigenvalue weighted by Crippen LogP contribution is 2.24. The summed E-state index contributed by atoms with van der Waals surface area (Å²) in [6.07, 6.45) is 1.89. The molecule has 1 heterocycles. The van der Waals surface area contributed by atoms with Crippen molar-refractivity contribution >= 4 is 5.91 Å². The fourth-order valence-corrected chi connectivity index (χ4v) is 2.49. The number of hydrogen-bond donors (Lipinski definition) is 2. The molecule has 22 heavy (non-hydrogen) atoms. The minimum atomic E-state index is -0.288. The van der Waals surface area contributed by atoms with Crippen molar-refractivity contribution in [3.05, 3.63) is 46.8 Å². The third kappa shape index (κ3) is 3.30. The molecule has 118 valence electrons. The van der Waals surface area contributed by atoms with Crippen LogP contribution < -0.4 is 5.32 Å². The zero-order chi connectivity index (χ0) is 16.4. The van der Waals surface area contributed by atoms with Gasteiger partial charge in [0, 0.05) is 18.8 Å². The second-order valence-electron chi connectivity index (χ2n) is 5.97. The molecule has 1 unspecified atom stereocenters. The Labute approximate surface area is 131 Å². The van der Waals surface area contributed by atoms with Crippen molar-refractivity contribution in [2.24, 2.45) is 7.05 Å². The first-order chi connectivity index (χ1) is 10.3. The number of benzene rings is 1. The number of rotatable bonds is 4. The largest absolute Gasteiger partial charge is 0.507 e. The number of amides is 1. The number of aromatic nitrogens is 2. The lowest BCUT2D eigenvalue weighted by atomic mass is 10.0. The monoisotopic (exact) mass is 301 g/mol. The topological polar surface area (TPSA) is 67.2 Å². The van der Waals surface area contributed by atoms with Gasteiger partial charge in [-0.15, -0.1) is 0 Å². The van der Waals surface area contributed by atoms with Crippen LogP contribution in [0.25, 0.3) is 0 Å². The van der Waals surface area contributed by atoms with Crippen LogP contribution in [-0.2, 0) is 7.05 Å². The SMILES string of the molecule is Cc1nn(C)cc1C(C)NC(=O)c1ccc(C(C)C)cc1O. The first-order valence-electron chi connectivity index (χ1n) is 7.43. The lowest BCUT2D eigenvalue weighted by Gasteiger charge is -2.15. The molecule has 1 aromatic heterocycles. The van der Waals surface area contributed by atoms with Gasteiger partial charge in [-0.05, 0) is 37.5 Å². The van der Waals surface area contributed by atoms with E-state index >= 15 is 0 Å². The number of phenolic OH excluding ortho intramolecular Hbond substituents is 1. The molecule has 0 fully saturated rings. The summed E-state index contributed by atoms with van der Waals surface area (Å²) in [7, 11) is 1.85. The van der Waals surface area contributed by atoms with Gasteiger partial charge in [-0.25, -0.2) is 0 Å². The minimum Gasteiger partial charge on any atom is -0.507 e. The quantitative estimate of drug-likeness (QED) is 0.912. The molecule has 0 saturated carbocycles. The van der Waals surface area contributed by atoms with Gasteiger partial charge >= 0.3 is 0 Å². The van der Waals surface area contributed by atoms with Gasteiger partial charge in [0.15, 0.2) is 0 Å². The van der Waals surface area contributed by atoms with E-state index in [2.05, 4.69) is 10.4 Å². The van der Waals surface area contributed by atoms with Crippen molar-refractivity contribution in [1.82, 2.24) is 15.1 Å². The Bertz CT molecular complexity index is 689. The molecular weight excluding hydrogens is 278 g/mol. The van der Waals surface area contributed by atoms with Crippen LogP contribution in [0.2, 0.25) is 0 Å². The summed E-state index contributed by atoms with van der Waals surface area (Å²) >= 11 is 0. The van der Waals surface area contributed by atoms with Crippen molar-refractivity contribution in [2.75, 3.05) is 0 Å². The second-order valence-corrected chi connectivity index (χ2v) is 5.97. The molecule has 5 nitrogen and oxygen atoms in total. The third-order valence-electron chi connectivity index (χ3n) is 3.80. The summed E-state index contributed by atoms with van der Waals surface area (Å²) in [5.74, 6) is 0.0299. The summed E-state index contributed by atoms with van der Waals surface area (Å²) in [4.78, 5) is 12.4. The standard InChI is InChI=1S/C17H23N3O2/c1-10(2)13-6-7-14(16(21)8-13)17(22)18-11(3)15-9-20(5)19-12(15)4/h6-11,21H,1-5H3,(H,18,22). The number of phenols is 1. The van der Waals surface area contributed by atoms with Crippen LogP contribution in [-0.4, -0.2) is 20.8 Å². The molecule has 0 saturated heterocycles. The van der Waals surface area contributed by atoms with Crippen LogP contribution in [0.5, 0.6) is 5.75 Å².